The van der Waals surface area contributed by atoms with Crippen molar-refractivity contribution >= 4 is 5.71 Å². The molecule has 5 heteroatoms. The summed E-state index contributed by atoms with van der Waals surface area (Å²) in [5, 5.41) is 6.91. The van der Waals surface area contributed by atoms with Gasteiger partial charge in [0, 0.05) is 12.0 Å². The Balaban J connectivity index is 1.56. The van der Waals surface area contributed by atoms with E-state index in [1.54, 1.807) is 13.4 Å². The molecule has 0 aliphatic carbocycles. The van der Waals surface area contributed by atoms with Crippen molar-refractivity contribution in [2.24, 2.45) is 5.10 Å². The standard InChI is InChI=1S/C21H18N2O3/c1-24-15-10-8-14(9-11-15)17-13-18-16-5-2-3-6-19(16)26-21(23(18)22-17)20-7-4-12-25-20/h2-12,18,21H,13H2,1H3. The predicted octanol–water partition coefficient (Wildman–Crippen LogP) is 4.53. The summed E-state index contributed by atoms with van der Waals surface area (Å²) in [7, 11) is 1.67. The Kier molecular flexibility index (Phi) is 3.45. The fourth-order valence-corrected chi connectivity index (χ4v) is 3.61. The zero-order valence-corrected chi connectivity index (χ0v) is 14.3. The molecule has 0 saturated carbocycles. The van der Waals surface area contributed by atoms with Crippen LogP contribution in [0.15, 0.2) is 76.4 Å². The molecule has 0 N–H and O–H groups in total. The van der Waals surface area contributed by atoms with Crippen molar-refractivity contribution in [3.63, 3.8) is 0 Å². The molecule has 0 fully saturated rings. The fourth-order valence-electron chi connectivity index (χ4n) is 3.61. The second-order valence-electron chi connectivity index (χ2n) is 6.40. The van der Waals surface area contributed by atoms with Crippen molar-refractivity contribution in [1.82, 2.24) is 5.01 Å². The van der Waals surface area contributed by atoms with Gasteiger partial charge >= 0.3 is 0 Å². The molecule has 3 heterocycles. The minimum atomic E-state index is -0.361. The molecule has 26 heavy (non-hydrogen) atoms. The lowest BCUT2D eigenvalue weighted by Gasteiger charge is -2.36. The molecule has 2 atom stereocenters. The highest BCUT2D eigenvalue weighted by Gasteiger charge is 2.41. The van der Waals surface area contributed by atoms with Gasteiger partial charge in [-0.3, -0.25) is 0 Å². The van der Waals surface area contributed by atoms with Crippen LogP contribution in [0.2, 0.25) is 0 Å². The molecule has 0 spiro atoms. The van der Waals surface area contributed by atoms with Crippen molar-refractivity contribution in [3.8, 4) is 11.5 Å². The molecule has 3 aromatic rings. The molecule has 0 amide bonds. The van der Waals surface area contributed by atoms with Crippen molar-refractivity contribution in [3.05, 3.63) is 83.8 Å². The number of benzene rings is 2. The topological polar surface area (TPSA) is 47.2 Å². The van der Waals surface area contributed by atoms with Crippen molar-refractivity contribution in [2.75, 3.05) is 7.11 Å². The van der Waals surface area contributed by atoms with Crippen LogP contribution < -0.4 is 9.47 Å². The molecule has 0 saturated heterocycles. The zero-order valence-electron chi connectivity index (χ0n) is 14.3. The van der Waals surface area contributed by atoms with Crippen LogP contribution in [0.3, 0.4) is 0 Å². The average Bonchev–Trinajstić information content (AvgIpc) is 3.37. The number of ether oxygens (including phenoxy) is 2. The maximum Gasteiger partial charge on any atom is 0.246 e. The Hall–Kier alpha value is -3.21. The van der Waals surface area contributed by atoms with Gasteiger partial charge < -0.3 is 13.9 Å². The third-order valence-corrected chi connectivity index (χ3v) is 4.91. The van der Waals surface area contributed by atoms with Crippen LogP contribution in [0.1, 0.15) is 35.6 Å². The van der Waals surface area contributed by atoms with Gasteiger partial charge in [0.1, 0.15) is 11.5 Å². The maximum atomic E-state index is 6.22. The first-order chi connectivity index (χ1) is 12.8. The molecular weight excluding hydrogens is 328 g/mol. The molecule has 2 aromatic carbocycles. The Bertz CT molecular complexity index is 948. The minimum Gasteiger partial charge on any atom is -0.497 e. The Labute approximate surface area is 151 Å². The molecule has 2 aliphatic heterocycles. The lowest BCUT2D eigenvalue weighted by molar-refractivity contribution is -0.0325. The summed E-state index contributed by atoms with van der Waals surface area (Å²) < 4.78 is 17.1. The van der Waals surface area contributed by atoms with Gasteiger partial charge in [0.05, 0.1) is 25.1 Å². The van der Waals surface area contributed by atoms with E-state index >= 15 is 0 Å². The number of hydrazone groups is 1. The largest absolute Gasteiger partial charge is 0.497 e. The van der Waals surface area contributed by atoms with Gasteiger partial charge in [-0.25, -0.2) is 5.01 Å². The van der Waals surface area contributed by atoms with E-state index in [0.717, 1.165) is 40.5 Å². The van der Waals surface area contributed by atoms with Crippen LogP contribution in [0.25, 0.3) is 0 Å². The van der Waals surface area contributed by atoms with Gasteiger partial charge in [-0.15, -0.1) is 0 Å². The summed E-state index contributed by atoms with van der Waals surface area (Å²) in [6, 6.07) is 20.1. The molecule has 0 radical (unpaired) electrons. The number of fused-ring (bicyclic) bond motifs is 3. The van der Waals surface area contributed by atoms with Gasteiger partial charge in [0.15, 0.2) is 5.76 Å². The molecule has 5 rings (SSSR count). The molecule has 2 aliphatic rings. The number of methoxy groups -OCH3 is 1. The van der Waals surface area contributed by atoms with Gasteiger partial charge in [0.25, 0.3) is 0 Å². The summed E-state index contributed by atoms with van der Waals surface area (Å²) in [5.74, 6) is 2.48. The predicted molar refractivity (Wildman–Crippen MR) is 97.2 cm³/mol. The Morgan fingerprint density at radius 1 is 1.04 bits per heavy atom. The molecule has 0 bridgehead atoms. The number of para-hydroxylation sites is 1. The van der Waals surface area contributed by atoms with Crippen LogP contribution in [0.5, 0.6) is 11.5 Å². The molecule has 130 valence electrons. The second kappa shape index (κ2) is 5.95. The Morgan fingerprint density at radius 2 is 1.88 bits per heavy atom. The monoisotopic (exact) mass is 346 g/mol. The van der Waals surface area contributed by atoms with Gasteiger partial charge in [-0.1, -0.05) is 18.2 Å². The van der Waals surface area contributed by atoms with E-state index in [1.165, 1.54) is 0 Å². The number of furan rings is 1. The van der Waals surface area contributed by atoms with Gasteiger partial charge in [-0.2, -0.15) is 5.10 Å². The number of rotatable bonds is 3. The summed E-state index contributed by atoms with van der Waals surface area (Å²) in [6.07, 6.45) is 2.13. The van der Waals surface area contributed by atoms with E-state index in [2.05, 4.69) is 6.07 Å². The van der Waals surface area contributed by atoms with Gasteiger partial charge in [0.2, 0.25) is 6.23 Å². The number of hydrogen-bond donors (Lipinski definition) is 0. The van der Waals surface area contributed by atoms with E-state index < -0.39 is 0 Å². The molecule has 1 aromatic heterocycles. The highest BCUT2D eigenvalue weighted by Crippen LogP contribution is 2.47. The van der Waals surface area contributed by atoms with Crippen molar-refractivity contribution in [1.29, 1.82) is 0 Å². The highest BCUT2D eigenvalue weighted by atomic mass is 16.5. The summed E-state index contributed by atoms with van der Waals surface area (Å²) in [6.45, 7) is 0. The molecule has 5 nitrogen and oxygen atoms in total. The van der Waals surface area contributed by atoms with Crippen LogP contribution in [0, 0.1) is 0 Å². The van der Waals surface area contributed by atoms with Crippen LogP contribution in [-0.2, 0) is 0 Å². The van der Waals surface area contributed by atoms with E-state index in [9.17, 15) is 0 Å². The minimum absolute atomic E-state index is 0.132. The molecule has 2 unspecified atom stereocenters. The van der Waals surface area contributed by atoms with E-state index in [1.807, 2.05) is 59.6 Å². The van der Waals surface area contributed by atoms with Crippen molar-refractivity contribution < 1.29 is 13.9 Å². The van der Waals surface area contributed by atoms with E-state index in [-0.39, 0.29) is 12.3 Å². The first kappa shape index (κ1) is 15.1. The summed E-state index contributed by atoms with van der Waals surface area (Å²) in [5.41, 5.74) is 3.29. The SMILES string of the molecule is COc1ccc(C2=NN3C(C2)c2ccccc2OC3c2ccco2)cc1. The van der Waals surface area contributed by atoms with Crippen molar-refractivity contribution in [2.45, 2.75) is 18.7 Å². The summed E-state index contributed by atoms with van der Waals surface area (Å²) >= 11 is 0. The number of hydrogen-bond acceptors (Lipinski definition) is 5. The third kappa shape index (κ3) is 2.36. The quantitative estimate of drug-likeness (QED) is 0.699. The van der Waals surface area contributed by atoms with E-state index in [0.29, 0.717) is 0 Å². The smallest absolute Gasteiger partial charge is 0.246 e. The first-order valence-corrected chi connectivity index (χ1v) is 8.63. The average molecular weight is 346 g/mol. The third-order valence-electron chi connectivity index (χ3n) is 4.91. The van der Waals surface area contributed by atoms with E-state index in [4.69, 9.17) is 19.0 Å². The highest BCUT2D eigenvalue weighted by molar-refractivity contribution is 6.02. The summed E-state index contributed by atoms with van der Waals surface area (Å²) in [4.78, 5) is 0. The van der Waals surface area contributed by atoms with Crippen LogP contribution in [-0.4, -0.2) is 17.8 Å². The van der Waals surface area contributed by atoms with Gasteiger partial charge in [-0.05, 0) is 48.0 Å². The normalized spacial score (nSPS) is 20.8. The molecular formula is C21H18N2O3. The van der Waals surface area contributed by atoms with Crippen LogP contribution in [0.4, 0.5) is 0 Å². The Morgan fingerprint density at radius 3 is 2.65 bits per heavy atom. The lowest BCUT2D eigenvalue weighted by Crippen LogP contribution is -2.33. The maximum absolute atomic E-state index is 6.22. The zero-order chi connectivity index (χ0) is 17.5. The second-order valence-corrected chi connectivity index (χ2v) is 6.40. The van der Waals surface area contributed by atoms with Crippen LogP contribution >= 0.6 is 0 Å². The lowest BCUT2D eigenvalue weighted by atomic mass is 9.96. The number of nitrogens with zero attached hydrogens (tertiary/aromatic N) is 2. The fraction of sp³-hybridized carbons (Fsp3) is 0.190. The first-order valence-electron chi connectivity index (χ1n) is 8.63.